The summed E-state index contributed by atoms with van der Waals surface area (Å²) in [5.41, 5.74) is 0.830. The molecule has 0 fully saturated rings. The zero-order chi connectivity index (χ0) is 16.9. The Morgan fingerprint density at radius 3 is 2.78 bits per heavy atom. The van der Waals surface area contributed by atoms with Crippen LogP contribution in [0.3, 0.4) is 0 Å². The van der Waals surface area contributed by atoms with Gasteiger partial charge in [-0.05, 0) is 38.2 Å². The van der Waals surface area contributed by atoms with Gasteiger partial charge in [0.05, 0.1) is 0 Å². The Kier molecular flexibility index (Phi) is 9.37. The van der Waals surface area contributed by atoms with Crippen LogP contribution in [0.4, 0.5) is 0 Å². The fraction of sp³-hybridized carbons (Fsp3) is 0.400. The van der Waals surface area contributed by atoms with Crippen molar-refractivity contribution in [2.75, 3.05) is 0 Å². The van der Waals surface area contributed by atoms with Crippen molar-refractivity contribution in [2.24, 2.45) is 5.92 Å². The van der Waals surface area contributed by atoms with Crippen molar-refractivity contribution in [3.05, 3.63) is 60.3 Å². The lowest BCUT2D eigenvalue weighted by atomic mass is 9.97. The molecule has 124 valence electrons. The van der Waals surface area contributed by atoms with Gasteiger partial charge in [0.25, 0.3) is 0 Å². The summed E-state index contributed by atoms with van der Waals surface area (Å²) in [6.07, 6.45) is 22.1. The molecular weight excluding hydrogens is 288 g/mol. The number of aliphatic carboxylic acids is 1. The molecule has 0 spiro atoms. The van der Waals surface area contributed by atoms with E-state index in [0.717, 1.165) is 31.3 Å². The Balaban J connectivity index is 2.42. The second-order valence-electron chi connectivity index (χ2n) is 5.49. The first-order valence-corrected chi connectivity index (χ1v) is 8.26. The fourth-order valence-electron chi connectivity index (χ4n) is 2.32. The maximum absolute atomic E-state index is 11.9. The average molecular weight is 314 g/mol. The summed E-state index contributed by atoms with van der Waals surface area (Å²) in [6.45, 7) is 2.10. The number of carboxylic acid groups (broad SMARTS) is 1. The molecule has 1 atom stereocenters. The maximum Gasteiger partial charge on any atom is 0.303 e. The van der Waals surface area contributed by atoms with E-state index < -0.39 is 5.97 Å². The Morgan fingerprint density at radius 1 is 1.22 bits per heavy atom. The summed E-state index contributed by atoms with van der Waals surface area (Å²) < 4.78 is 0. The molecule has 0 radical (unpaired) electrons. The van der Waals surface area contributed by atoms with E-state index in [1.807, 2.05) is 36.5 Å². The summed E-state index contributed by atoms with van der Waals surface area (Å²) >= 11 is 0. The molecule has 0 aromatic carbocycles. The van der Waals surface area contributed by atoms with Gasteiger partial charge < -0.3 is 5.11 Å². The van der Waals surface area contributed by atoms with E-state index in [0.29, 0.717) is 6.42 Å². The third-order valence-corrected chi connectivity index (χ3v) is 3.57. The van der Waals surface area contributed by atoms with Crippen LogP contribution in [0.25, 0.3) is 0 Å². The second kappa shape index (κ2) is 11.4. The van der Waals surface area contributed by atoms with Crippen molar-refractivity contribution in [1.82, 2.24) is 0 Å². The highest BCUT2D eigenvalue weighted by Crippen LogP contribution is 2.25. The van der Waals surface area contributed by atoms with Crippen molar-refractivity contribution in [2.45, 2.75) is 45.4 Å². The maximum atomic E-state index is 11.9. The van der Waals surface area contributed by atoms with Gasteiger partial charge in [0.15, 0.2) is 5.78 Å². The van der Waals surface area contributed by atoms with E-state index in [1.165, 1.54) is 0 Å². The van der Waals surface area contributed by atoms with Gasteiger partial charge >= 0.3 is 5.97 Å². The molecule has 0 saturated carbocycles. The Labute approximate surface area is 138 Å². The molecular formula is C20H26O3. The third kappa shape index (κ3) is 8.15. The highest BCUT2D eigenvalue weighted by atomic mass is 16.4. The SMILES string of the molecule is CC/C=C\C/C=C/C=C1/C(=O)C=CC1C/C=C\CCCC(=O)O. The number of allylic oxidation sites excluding steroid dienone is 10. The molecule has 1 aliphatic rings. The van der Waals surface area contributed by atoms with Crippen LogP contribution in [-0.4, -0.2) is 16.9 Å². The molecule has 0 heterocycles. The van der Waals surface area contributed by atoms with E-state index >= 15 is 0 Å². The molecule has 1 rings (SSSR count). The van der Waals surface area contributed by atoms with Crippen LogP contribution in [-0.2, 0) is 9.59 Å². The predicted molar refractivity (Wildman–Crippen MR) is 94.2 cm³/mol. The highest BCUT2D eigenvalue weighted by Gasteiger charge is 2.20. The summed E-state index contributed by atoms with van der Waals surface area (Å²) in [6, 6.07) is 0. The Hall–Kier alpha value is -2.16. The minimum Gasteiger partial charge on any atom is -0.481 e. The second-order valence-corrected chi connectivity index (χ2v) is 5.49. The summed E-state index contributed by atoms with van der Waals surface area (Å²) in [5.74, 6) is -0.536. The standard InChI is InChI=1S/C20H26O3/c1-2-3-4-5-6-10-13-18-17(15-16-19(18)21)12-9-7-8-11-14-20(22)23/h3-4,6-7,9-10,13,15-17H,2,5,8,11-12,14H2,1H3,(H,22,23)/b4-3-,9-7-,10-6+,18-13+. The van der Waals surface area contributed by atoms with Crippen molar-refractivity contribution >= 4 is 11.8 Å². The highest BCUT2D eigenvalue weighted by molar-refractivity contribution is 6.07. The molecule has 0 aliphatic heterocycles. The number of hydrogen-bond acceptors (Lipinski definition) is 2. The lowest BCUT2D eigenvalue weighted by Crippen LogP contribution is -2.01. The van der Waals surface area contributed by atoms with Crippen molar-refractivity contribution in [3.63, 3.8) is 0 Å². The van der Waals surface area contributed by atoms with Crippen LogP contribution in [0.1, 0.15) is 45.4 Å². The first kappa shape index (κ1) is 18.9. The lowest BCUT2D eigenvalue weighted by Gasteiger charge is -2.06. The van der Waals surface area contributed by atoms with Crippen LogP contribution in [0, 0.1) is 5.92 Å². The minimum atomic E-state index is -0.756. The molecule has 3 nitrogen and oxygen atoms in total. The van der Waals surface area contributed by atoms with Gasteiger partial charge in [-0.15, -0.1) is 0 Å². The molecule has 1 N–H and O–H groups in total. The van der Waals surface area contributed by atoms with Crippen LogP contribution >= 0.6 is 0 Å². The van der Waals surface area contributed by atoms with Gasteiger partial charge in [0, 0.05) is 17.9 Å². The van der Waals surface area contributed by atoms with Crippen molar-refractivity contribution < 1.29 is 14.7 Å². The van der Waals surface area contributed by atoms with Gasteiger partial charge in [-0.1, -0.05) is 55.5 Å². The minimum absolute atomic E-state index is 0.0861. The van der Waals surface area contributed by atoms with Crippen molar-refractivity contribution in [1.29, 1.82) is 0 Å². The molecule has 23 heavy (non-hydrogen) atoms. The van der Waals surface area contributed by atoms with E-state index in [9.17, 15) is 9.59 Å². The number of unbranched alkanes of at least 4 members (excludes halogenated alkanes) is 1. The summed E-state index contributed by atoms with van der Waals surface area (Å²) in [7, 11) is 0. The summed E-state index contributed by atoms with van der Waals surface area (Å²) in [5, 5.41) is 8.57. The molecule has 0 saturated heterocycles. The number of carbonyl (C=O) groups excluding carboxylic acids is 1. The van der Waals surface area contributed by atoms with Gasteiger partial charge in [0.2, 0.25) is 0 Å². The lowest BCUT2D eigenvalue weighted by molar-refractivity contribution is -0.137. The van der Waals surface area contributed by atoms with Gasteiger partial charge in [-0.3, -0.25) is 9.59 Å². The number of rotatable bonds is 10. The quantitative estimate of drug-likeness (QED) is 0.358. The van der Waals surface area contributed by atoms with Crippen molar-refractivity contribution in [3.8, 4) is 0 Å². The first-order chi connectivity index (χ1) is 11.1. The molecule has 0 aromatic rings. The summed E-state index contributed by atoms with van der Waals surface area (Å²) in [4.78, 5) is 22.3. The monoisotopic (exact) mass is 314 g/mol. The largest absolute Gasteiger partial charge is 0.481 e. The smallest absolute Gasteiger partial charge is 0.303 e. The van der Waals surface area contributed by atoms with Crippen LogP contribution < -0.4 is 0 Å². The van der Waals surface area contributed by atoms with E-state index in [4.69, 9.17) is 5.11 Å². The molecule has 0 bridgehead atoms. The normalized spacial score (nSPS) is 20.0. The van der Waals surface area contributed by atoms with Crippen LogP contribution in [0.2, 0.25) is 0 Å². The third-order valence-electron chi connectivity index (χ3n) is 3.57. The van der Waals surface area contributed by atoms with E-state index in [-0.39, 0.29) is 18.1 Å². The molecule has 0 amide bonds. The number of carboxylic acids is 1. The number of hydrogen-bond donors (Lipinski definition) is 1. The molecule has 0 aromatic heterocycles. The van der Waals surface area contributed by atoms with E-state index in [2.05, 4.69) is 19.1 Å². The average Bonchev–Trinajstić information content (AvgIpc) is 2.86. The first-order valence-electron chi connectivity index (χ1n) is 8.26. The van der Waals surface area contributed by atoms with Gasteiger partial charge in [0.1, 0.15) is 0 Å². The molecule has 1 aliphatic carbocycles. The number of ketones is 1. The number of carbonyl (C=O) groups is 2. The molecule has 1 unspecified atom stereocenters. The Bertz CT molecular complexity index is 533. The van der Waals surface area contributed by atoms with Gasteiger partial charge in [-0.25, -0.2) is 0 Å². The van der Waals surface area contributed by atoms with Crippen LogP contribution in [0.5, 0.6) is 0 Å². The Morgan fingerprint density at radius 2 is 2.04 bits per heavy atom. The van der Waals surface area contributed by atoms with E-state index in [1.54, 1.807) is 6.08 Å². The topological polar surface area (TPSA) is 54.4 Å². The molecule has 3 heteroatoms. The van der Waals surface area contributed by atoms with Crippen LogP contribution in [0.15, 0.2) is 60.3 Å². The zero-order valence-electron chi connectivity index (χ0n) is 13.8. The fourth-order valence-corrected chi connectivity index (χ4v) is 2.32. The zero-order valence-corrected chi connectivity index (χ0v) is 13.8. The predicted octanol–water partition coefficient (Wildman–Crippen LogP) is 4.78. The van der Waals surface area contributed by atoms with Gasteiger partial charge in [-0.2, -0.15) is 0 Å².